The monoisotopic (exact) mass is 269 g/mol. The molecule has 5 heteroatoms. The Morgan fingerprint density at radius 2 is 1.95 bits per heavy atom. The van der Waals surface area contributed by atoms with E-state index in [1.807, 2.05) is 24.3 Å². The molecule has 0 aliphatic rings. The van der Waals surface area contributed by atoms with Crippen molar-refractivity contribution in [3.63, 3.8) is 0 Å². The highest BCUT2D eigenvalue weighted by atomic mass is 19.1. The number of hydrogen-bond acceptors (Lipinski definition) is 2. The van der Waals surface area contributed by atoms with Gasteiger partial charge < -0.3 is 16.0 Å². The van der Waals surface area contributed by atoms with Crippen LogP contribution < -0.4 is 11.1 Å². The maximum atomic E-state index is 12.9. The summed E-state index contributed by atoms with van der Waals surface area (Å²) in [6, 6.07) is 13.2. The molecule has 4 N–H and O–H groups in total. The van der Waals surface area contributed by atoms with Crippen molar-refractivity contribution in [2.45, 2.75) is 0 Å². The van der Waals surface area contributed by atoms with Crippen LogP contribution in [0.3, 0.4) is 0 Å². The van der Waals surface area contributed by atoms with Crippen LogP contribution in [0.15, 0.2) is 48.5 Å². The topological polar surface area (TPSA) is 70.9 Å². The highest BCUT2D eigenvalue weighted by Crippen LogP contribution is 2.21. The molecule has 0 spiro atoms. The van der Waals surface area contributed by atoms with Gasteiger partial charge in [-0.05, 0) is 30.3 Å². The number of carbonyl (C=O) groups is 1. The summed E-state index contributed by atoms with van der Waals surface area (Å²) in [6.07, 6.45) is 0. The second-order valence-corrected chi connectivity index (χ2v) is 4.46. The number of aromatic nitrogens is 1. The first-order chi connectivity index (χ1) is 9.63. The Morgan fingerprint density at radius 3 is 2.70 bits per heavy atom. The fraction of sp³-hybridized carbons (Fsp3) is 0. The van der Waals surface area contributed by atoms with E-state index in [1.165, 1.54) is 18.2 Å². The van der Waals surface area contributed by atoms with Gasteiger partial charge in [0, 0.05) is 10.9 Å². The third-order valence-corrected chi connectivity index (χ3v) is 3.04. The average molecular weight is 269 g/mol. The first kappa shape index (κ1) is 12.2. The summed E-state index contributed by atoms with van der Waals surface area (Å²) in [6.45, 7) is 0. The van der Waals surface area contributed by atoms with Gasteiger partial charge in [-0.2, -0.15) is 0 Å². The first-order valence-electron chi connectivity index (χ1n) is 6.07. The minimum absolute atomic E-state index is 0.189. The molecule has 100 valence electrons. The Balaban J connectivity index is 1.89. The molecule has 1 aromatic heterocycles. The third kappa shape index (κ3) is 2.21. The quantitative estimate of drug-likeness (QED) is 0.625. The molecule has 0 aliphatic heterocycles. The van der Waals surface area contributed by atoms with Gasteiger partial charge >= 0.3 is 0 Å². The molecule has 0 unspecified atom stereocenters. The lowest BCUT2D eigenvalue weighted by molar-refractivity contribution is 0.102. The van der Waals surface area contributed by atoms with Gasteiger partial charge in [0.25, 0.3) is 5.91 Å². The summed E-state index contributed by atoms with van der Waals surface area (Å²) in [5, 5.41) is 3.60. The van der Waals surface area contributed by atoms with Crippen LogP contribution in [-0.2, 0) is 0 Å². The number of nitrogens with one attached hydrogen (secondary N) is 2. The number of anilines is 2. The normalized spacial score (nSPS) is 10.7. The van der Waals surface area contributed by atoms with E-state index in [0.717, 1.165) is 10.9 Å². The lowest BCUT2D eigenvalue weighted by Crippen LogP contribution is -2.13. The SMILES string of the molecule is Nc1cc(F)ccc1NC(=O)c1cc2ccccc2[nH]1. The van der Waals surface area contributed by atoms with E-state index in [2.05, 4.69) is 10.3 Å². The molecule has 4 nitrogen and oxygen atoms in total. The predicted molar refractivity (Wildman–Crippen MR) is 77.1 cm³/mol. The van der Waals surface area contributed by atoms with Crippen LogP contribution in [0.25, 0.3) is 10.9 Å². The van der Waals surface area contributed by atoms with E-state index >= 15 is 0 Å². The minimum Gasteiger partial charge on any atom is -0.397 e. The first-order valence-corrected chi connectivity index (χ1v) is 6.07. The van der Waals surface area contributed by atoms with Gasteiger partial charge in [0.15, 0.2) is 0 Å². The van der Waals surface area contributed by atoms with Crippen LogP contribution >= 0.6 is 0 Å². The van der Waals surface area contributed by atoms with Crippen LogP contribution in [0.4, 0.5) is 15.8 Å². The number of fused-ring (bicyclic) bond motifs is 1. The maximum Gasteiger partial charge on any atom is 0.272 e. The minimum atomic E-state index is -0.439. The molecule has 0 aliphatic carbocycles. The fourth-order valence-electron chi connectivity index (χ4n) is 2.03. The molecule has 3 rings (SSSR count). The zero-order valence-electron chi connectivity index (χ0n) is 10.5. The molecule has 0 saturated heterocycles. The second kappa shape index (κ2) is 4.70. The zero-order chi connectivity index (χ0) is 14.1. The number of nitrogen functional groups attached to an aromatic ring is 1. The fourth-order valence-corrected chi connectivity index (χ4v) is 2.03. The molecule has 1 amide bonds. The molecule has 3 aromatic rings. The van der Waals surface area contributed by atoms with Gasteiger partial charge in [0.1, 0.15) is 11.5 Å². The van der Waals surface area contributed by atoms with Crippen molar-refractivity contribution in [1.82, 2.24) is 4.98 Å². The van der Waals surface area contributed by atoms with Gasteiger partial charge in [-0.1, -0.05) is 18.2 Å². The Bertz CT molecular complexity index is 762. The lowest BCUT2D eigenvalue weighted by Gasteiger charge is -2.06. The predicted octanol–water partition coefficient (Wildman–Crippen LogP) is 3.14. The summed E-state index contributed by atoms with van der Waals surface area (Å²) < 4.78 is 12.9. The number of para-hydroxylation sites is 1. The van der Waals surface area contributed by atoms with E-state index < -0.39 is 5.82 Å². The van der Waals surface area contributed by atoms with Gasteiger partial charge in [-0.25, -0.2) is 4.39 Å². The number of rotatable bonds is 2. The van der Waals surface area contributed by atoms with Crippen molar-refractivity contribution >= 4 is 28.2 Å². The van der Waals surface area contributed by atoms with Crippen molar-refractivity contribution in [2.75, 3.05) is 11.1 Å². The van der Waals surface area contributed by atoms with Gasteiger partial charge in [0.05, 0.1) is 11.4 Å². The number of hydrogen-bond donors (Lipinski definition) is 3. The summed E-state index contributed by atoms with van der Waals surface area (Å²) in [4.78, 5) is 15.1. The molecule has 0 radical (unpaired) electrons. The largest absolute Gasteiger partial charge is 0.397 e. The van der Waals surface area contributed by atoms with E-state index in [4.69, 9.17) is 5.73 Å². The number of nitrogens with two attached hydrogens (primary N) is 1. The number of benzene rings is 2. The van der Waals surface area contributed by atoms with Crippen LogP contribution in [0, 0.1) is 5.82 Å². The number of amides is 1. The number of halogens is 1. The van der Waals surface area contributed by atoms with E-state index in [9.17, 15) is 9.18 Å². The van der Waals surface area contributed by atoms with E-state index in [-0.39, 0.29) is 11.6 Å². The number of carbonyl (C=O) groups excluding carboxylic acids is 1. The summed E-state index contributed by atoms with van der Waals surface area (Å²) in [5.74, 6) is -0.759. The maximum absolute atomic E-state index is 12.9. The van der Waals surface area contributed by atoms with Crippen molar-refractivity contribution in [3.8, 4) is 0 Å². The Hall–Kier alpha value is -2.82. The zero-order valence-corrected chi connectivity index (χ0v) is 10.5. The highest BCUT2D eigenvalue weighted by Gasteiger charge is 2.11. The molecule has 0 bridgehead atoms. The van der Waals surface area contributed by atoms with Crippen molar-refractivity contribution < 1.29 is 9.18 Å². The third-order valence-electron chi connectivity index (χ3n) is 3.04. The van der Waals surface area contributed by atoms with Crippen LogP contribution in [0.5, 0.6) is 0 Å². The molecule has 2 aromatic carbocycles. The van der Waals surface area contributed by atoms with Crippen molar-refractivity contribution in [1.29, 1.82) is 0 Å². The van der Waals surface area contributed by atoms with Crippen molar-refractivity contribution in [3.05, 3.63) is 60.0 Å². The Kier molecular flexibility index (Phi) is 2.87. The molecule has 20 heavy (non-hydrogen) atoms. The van der Waals surface area contributed by atoms with Crippen LogP contribution in [-0.4, -0.2) is 10.9 Å². The Morgan fingerprint density at radius 1 is 1.15 bits per heavy atom. The molecule has 0 atom stereocenters. The highest BCUT2D eigenvalue weighted by molar-refractivity contribution is 6.07. The van der Waals surface area contributed by atoms with Crippen LogP contribution in [0.2, 0.25) is 0 Å². The van der Waals surface area contributed by atoms with E-state index in [0.29, 0.717) is 11.4 Å². The molecule has 0 fully saturated rings. The van der Waals surface area contributed by atoms with Crippen molar-refractivity contribution in [2.24, 2.45) is 0 Å². The van der Waals surface area contributed by atoms with Gasteiger partial charge in [-0.15, -0.1) is 0 Å². The molecular weight excluding hydrogens is 257 g/mol. The molecule has 1 heterocycles. The number of aromatic amines is 1. The standard InChI is InChI=1S/C15H12FN3O/c16-10-5-6-13(11(17)8-10)19-15(20)14-7-9-3-1-2-4-12(9)18-14/h1-8,18H,17H2,(H,19,20). The second-order valence-electron chi connectivity index (χ2n) is 4.46. The summed E-state index contributed by atoms with van der Waals surface area (Å²) in [5.41, 5.74) is 7.54. The number of H-pyrrole nitrogens is 1. The van der Waals surface area contributed by atoms with E-state index in [1.54, 1.807) is 6.07 Å². The smallest absolute Gasteiger partial charge is 0.272 e. The summed E-state index contributed by atoms with van der Waals surface area (Å²) in [7, 11) is 0. The summed E-state index contributed by atoms with van der Waals surface area (Å²) >= 11 is 0. The van der Waals surface area contributed by atoms with Gasteiger partial charge in [0.2, 0.25) is 0 Å². The molecular formula is C15H12FN3O. The average Bonchev–Trinajstić information content (AvgIpc) is 2.86. The lowest BCUT2D eigenvalue weighted by atomic mass is 10.2. The molecule has 0 saturated carbocycles. The Labute approximate surface area is 114 Å². The van der Waals surface area contributed by atoms with Gasteiger partial charge in [-0.3, -0.25) is 4.79 Å². The van der Waals surface area contributed by atoms with Crippen LogP contribution in [0.1, 0.15) is 10.5 Å².